The van der Waals surface area contributed by atoms with Crippen molar-refractivity contribution in [2.45, 2.75) is 71.1 Å². The van der Waals surface area contributed by atoms with E-state index < -0.39 is 0 Å². The average Bonchev–Trinajstić information content (AvgIpc) is 3.12. The first kappa shape index (κ1) is 15.6. The van der Waals surface area contributed by atoms with Crippen LogP contribution in [0.4, 0.5) is 0 Å². The van der Waals surface area contributed by atoms with Crippen LogP contribution >= 0.6 is 0 Å². The van der Waals surface area contributed by atoms with Crippen molar-refractivity contribution < 1.29 is 0 Å². The highest BCUT2D eigenvalue weighted by molar-refractivity contribution is 5.08. The van der Waals surface area contributed by atoms with Crippen molar-refractivity contribution in [1.82, 2.24) is 15.1 Å². The Kier molecular flexibility index (Phi) is 7.13. The lowest BCUT2D eigenvalue weighted by Crippen LogP contribution is -2.20. The van der Waals surface area contributed by atoms with Crippen LogP contribution in [-0.2, 0) is 12.8 Å². The van der Waals surface area contributed by atoms with Gasteiger partial charge in [0, 0.05) is 5.69 Å². The fourth-order valence-corrected chi connectivity index (χ4v) is 3.03. The van der Waals surface area contributed by atoms with E-state index in [0.29, 0.717) is 0 Å². The Labute approximate surface area is 124 Å². The third-order valence-corrected chi connectivity index (χ3v) is 4.34. The summed E-state index contributed by atoms with van der Waals surface area (Å²) in [6, 6.07) is 2.26. The molecule has 2 rings (SSSR count). The van der Waals surface area contributed by atoms with Crippen LogP contribution in [0.5, 0.6) is 0 Å². The highest BCUT2D eigenvalue weighted by Crippen LogP contribution is 2.11. The molecule has 0 atom stereocenters. The summed E-state index contributed by atoms with van der Waals surface area (Å²) in [6.45, 7) is 6.24. The number of hydrogen-bond donors (Lipinski definition) is 1. The van der Waals surface area contributed by atoms with E-state index in [1.807, 2.05) is 0 Å². The van der Waals surface area contributed by atoms with Crippen LogP contribution in [0.3, 0.4) is 0 Å². The molecule has 0 bridgehead atoms. The molecule has 0 aliphatic carbocycles. The standard InChI is InChI=1S/C17H31N3/c1-2-3-10-16-15-17(19-18-16)11-6-4-5-7-12-20-13-8-9-14-20/h15H,2-14H2,1H3,(H,18,19). The van der Waals surface area contributed by atoms with E-state index >= 15 is 0 Å². The van der Waals surface area contributed by atoms with E-state index in [1.54, 1.807) is 0 Å². The van der Waals surface area contributed by atoms with Gasteiger partial charge in [0.2, 0.25) is 0 Å². The number of likely N-dealkylation sites (tertiary alicyclic amines) is 1. The van der Waals surface area contributed by atoms with Crippen LogP contribution in [0.1, 0.15) is 69.7 Å². The largest absolute Gasteiger partial charge is 0.303 e. The minimum atomic E-state index is 1.15. The van der Waals surface area contributed by atoms with Crippen molar-refractivity contribution in [3.8, 4) is 0 Å². The van der Waals surface area contributed by atoms with Gasteiger partial charge < -0.3 is 4.90 Å². The molecule has 3 nitrogen and oxygen atoms in total. The summed E-state index contributed by atoms with van der Waals surface area (Å²) in [5.74, 6) is 0. The number of aryl methyl sites for hydroxylation is 2. The first-order chi connectivity index (χ1) is 9.88. The van der Waals surface area contributed by atoms with E-state index in [-0.39, 0.29) is 0 Å². The molecule has 1 N–H and O–H groups in total. The molecule has 1 aromatic heterocycles. The highest BCUT2D eigenvalue weighted by atomic mass is 15.1. The normalized spacial score (nSPS) is 16.1. The van der Waals surface area contributed by atoms with Crippen molar-refractivity contribution in [2.24, 2.45) is 0 Å². The van der Waals surface area contributed by atoms with E-state index in [1.165, 1.54) is 82.4 Å². The molecule has 2 heterocycles. The van der Waals surface area contributed by atoms with Crippen LogP contribution in [-0.4, -0.2) is 34.7 Å². The first-order valence-electron chi connectivity index (χ1n) is 8.64. The van der Waals surface area contributed by atoms with Crippen molar-refractivity contribution in [3.05, 3.63) is 17.5 Å². The Balaban J connectivity index is 1.48. The summed E-state index contributed by atoms with van der Waals surface area (Å²) >= 11 is 0. The molecule has 0 aromatic carbocycles. The molecule has 20 heavy (non-hydrogen) atoms. The smallest absolute Gasteiger partial charge is 0.0625 e. The minimum absolute atomic E-state index is 1.15. The van der Waals surface area contributed by atoms with E-state index in [0.717, 1.165) is 12.8 Å². The second-order valence-electron chi connectivity index (χ2n) is 6.20. The maximum Gasteiger partial charge on any atom is 0.0625 e. The second kappa shape index (κ2) is 9.17. The van der Waals surface area contributed by atoms with Crippen molar-refractivity contribution in [3.63, 3.8) is 0 Å². The highest BCUT2D eigenvalue weighted by Gasteiger charge is 2.09. The summed E-state index contributed by atoms with van der Waals surface area (Å²) in [4.78, 5) is 2.62. The molecule has 0 radical (unpaired) electrons. The van der Waals surface area contributed by atoms with Crippen LogP contribution in [0, 0.1) is 0 Å². The first-order valence-corrected chi connectivity index (χ1v) is 8.64. The van der Waals surface area contributed by atoms with Gasteiger partial charge >= 0.3 is 0 Å². The van der Waals surface area contributed by atoms with Crippen LogP contribution in [0.25, 0.3) is 0 Å². The molecule has 0 amide bonds. The monoisotopic (exact) mass is 277 g/mol. The second-order valence-corrected chi connectivity index (χ2v) is 6.20. The maximum atomic E-state index is 4.42. The van der Waals surface area contributed by atoms with Crippen LogP contribution in [0.15, 0.2) is 6.07 Å². The number of rotatable bonds is 10. The fourth-order valence-electron chi connectivity index (χ4n) is 3.03. The number of aromatic amines is 1. The zero-order valence-corrected chi connectivity index (χ0v) is 13.2. The number of unbranched alkanes of at least 4 members (excludes halogenated alkanes) is 4. The van der Waals surface area contributed by atoms with Gasteiger partial charge in [0.1, 0.15) is 0 Å². The third kappa shape index (κ3) is 5.66. The van der Waals surface area contributed by atoms with Gasteiger partial charge in [0.05, 0.1) is 5.69 Å². The molecule has 1 fully saturated rings. The molecule has 1 aliphatic rings. The van der Waals surface area contributed by atoms with Crippen molar-refractivity contribution in [2.75, 3.05) is 19.6 Å². The number of aromatic nitrogens is 2. The van der Waals surface area contributed by atoms with Crippen molar-refractivity contribution >= 4 is 0 Å². The van der Waals surface area contributed by atoms with Gasteiger partial charge in [-0.3, -0.25) is 5.10 Å². The van der Waals surface area contributed by atoms with Gasteiger partial charge in [-0.25, -0.2) is 0 Å². The molecule has 0 saturated carbocycles. The summed E-state index contributed by atoms with van der Waals surface area (Å²) in [7, 11) is 0. The molecule has 0 spiro atoms. The topological polar surface area (TPSA) is 31.9 Å². The Morgan fingerprint density at radius 3 is 2.65 bits per heavy atom. The Hall–Kier alpha value is -0.830. The zero-order valence-electron chi connectivity index (χ0n) is 13.2. The summed E-state index contributed by atoms with van der Waals surface area (Å²) in [5.41, 5.74) is 2.58. The van der Waals surface area contributed by atoms with E-state index in [4.69, 9.17) is 0 Å². The lowest BCUT2D eigenvalue weighted by molar-refractivity contribution is 0.328. The number of H-pyrrole nitrogens is 1. The van der Waals surface area contributed by atoms with Gasteiger partial charge in [0.15, 0.2) is 0 Å². The number of nitrogens with zero attached hydrogens (tertiary/aromatic N) is 2. The summed E-state index contributed by atoms with van der Waals surface area (Å²) in [5, 5.41) is 7.59. The number of nitrogens with one attached hydrogen (secondary N) is 1. The quantitative estimate of drug-likeness (QED) is 0.657. The van der Waals surface area contributed by atoms with Gasteiger partial charge in [-0.15, -0.1) is 0 Å². The number of hydrogen-bond acceptors (Lipinski definition) is 2. The minimum Gasteiger partial charge on any atom is -0.303 e. The van der Waals surface area contributed by atoms with Crippen molar-refractivity contribution in [1.29, 1.82) is 0 Å². The van der Waals surface area contributed by atoms with E-state index in [9.17, 15) is 0 Å². The predicted molar refractivity (Wildman–Crippen MR) is 85.0 cm³/mol. The Morgan fingerprint density at radius 2 is 1.85 bits per heavy atom. The van der Waals surface area contributed by atoms with Gasteiger partial charge in [0.25, 0.3) is 0 Å². The van der Waals surface area contributed by atoms with Gasteiger partial charge in [-0.1, -0.05) is 26.2 Å². The third-order valence-electron chi connectivity index (χ3n) is 4.34. The molecule has 1 aliphatic heterocycles. The lowest BCUT2D eigenvalue weighted by atomic mass is 10.1. The summed E-state index contributed by atoms with van der Waals surface area (Å²) in [6.07, 6.45) is 13.0. The van der Waals surface area contributed by atoms with E-state index in [2.05, 4.69) is 28.1 Å². The van der Waals surface area contributed by atoms with Crippen LogP contribution in [0.2, 0.25) is 0 Å². The predicted octanol–water partition coefficient (Wildman–Crippen LogP) is 3.95. The molecule has 0 unspecified atom stereocenters. The van der Waals surface area contributed by atoms with Crippen LogP contribution < -0.4 is 0 Å². The van der Waals surface area contributed by atoms with Gasteiger partial charge in [-0.05, 0) is 70.6 Å². The lowest BCUT2D eigenvalue weighted by Gasteiger charge is -2.13. The maximum absolute atomic E-state index is 4.42. The molecule has 114 valence electrons. The molecular formula is C17H31N3. The summed E-state index contributed by atoms with van der Waals surface area (Å²) < 4.78 is 0. The molecule has 3 heteroatoms. The molecule has 1 aromatic rings. The average molecular weight is 277 g/mol. The molecular weight excluding hydrogens is 246 g/mol. The zero-order chi connectivity index (χ0) is 14.0. The van der Waals surface area contributed by atoms with Gasteiger partial charge in [-0.2, -0.15) is 5.10 Å². The molecule has 1 saturated heterocycles. The Bertz CT molecular complexity index is 353. The Morgan fingerprint density at radius 1 is 1.05 bits per heavy atom. The SMILES string of the molecule is CCCCc1cc(CCCCCCN2CCCC2)n[nH]1. The fraction of sp³-hybridized carbons (Fsp3) is 0.824.